The van der Waals surface area contributed by atoms with Crippen molar-refractivity contribution in [2.24, 2.45) is 0 Å². The molecular weight excluding hydrogens is 294 g/mol. The molecule has 0 radical (unpaired) electrons. The van der Waals surface area contributed by atoms with Gasteiger partial charge in [-0.25, -0.2) is 4.79 Å². The van der Waals surface area contributed by atoms with Crippen LogP contribution in [0.15, 0.2) is 22.7 Å². The Kier molecular flexibility index (Phi) is 4.27. The lowest BCUT2D eigenvalue weighted by molar-refractivity contribution is 0.0696. The molecule has 1 fully saturated rings. The zero-order valence-electron chi connectivity index (χ0n) is 10.5. The van der Waals surface area contributed by atoms with E-state index in [2.05, 4.69) is 27.8 Å². The van der Waals surface area contributed by atoms with E-state index in [1.807, 2.05) is 12.1 Å². The average molecular weight is 312 g/mol. The first-order chi connectivity index (χ1) is 8.63. The standard InChI is InChI=1S/C14H18BrNO2/c1-2-10-5-3-4-8-16(10)11-6-7-12(14(17)18)13(15)9-11/h6-7,9-10H,2-5,8H2,1H3,(H,17,18). The molecule has 1 atom stereocenters. The second-order valence-corrected chi connectivity index (χ2v) is 5.57. The van der Waals surface area contributed by atoms with E-state index in [1.165, 1.54) is 19.3 Å². The number of carboxylic acid groups (broad SMARTS) is 1. The molecule has 1 saturated heterocycles. The third-order valence-electron chi connectivity index (χ3n) is 3.61. The lowest BCUT2D eigenvalue weighted by Crippen LogP contribution is -2.39. The van der Waals surface area contributed by atoms with E-state index in [1.54, 1.807) is 6.07 Å². The zero-order chi connectivity index (χ0) is 13.1. The first kappa shape index (κ1) is 13.4. The van der Waals surface area contributed by atoms with E-state index in [4.69, 9.17) is 5.11 Å². The summed E-state index contributed by atoms with van der Waals surface area (Å²) in [6, 6.07) is 6.12. The minimum atomic E-state index is -0.890. The highest BCUT2D eigenvalue weighted by molar-refractivity contribution is 9.10. The number of hydrogen-bond acceptors (Lipinski definition) is 2. The summed E-state index contributed by atoms with van der Waals surface area (Å²) in [4.78, 5) is 13.4. The number of halogens is 1. The fourth-order valence-corrected chi connectivity index (χ4v) is 3.16. The van der Waals surface area contributed by atoms with Gasteiger partial charge in [-0.2, -0.15) is 0 Å². The predicted octanol–water partition coefficient (Wildman–Crippen LogP) is 3.92. The number of aromatic carboxylic acids is 1. The van der Waals surface area contributed by atoms with Crippen molar-refractivity contribution in [3.63, 3.8) is 0 Å². The lowest BCUT2D eigenvalue weighted by Gasteiger charge is -2.37. The number of hydrogen-bond donors (Lipinski definition) is 1. The molecular formula is C14H18BrNO2. The number of piperidine rings is 1. The van der Waals surface area contributed by atoms with E-state index in [0.29, 0.717) is 16.1 Å². The first-order valence-electron chi connectivity index (χ1n) is 6.43. The van der Waals surface area contributed by atoms with Gasteiger partial charge in [0.25, 0.3) is 0 Å². The minimum Gasteiger partial charge on any atom is -0.478 e. The highest BCUT2D eigenvalue weighted by atomic mass is 79.9. The van der Waals surface area contributed by atoms with Gasteiger partial charge in [0.1, 0.15) is 0 Å². The van der Waals surface area contributed by atoms with E-state index in [9.17, 15) is 4.79 Å². The van der Waals surface area contributed by atoms with Crippen LogP contribution in [0.1, 0.15) is 43.0 Å². The van der Waals surface area contributed by atoms with Crippen molar-refractivity contribution in [1.82, 2.24) is 0 Å². The van der Waals surface area contributed by atoms with Crippen LogP contribution in [0.3, 0.4) is 0 Å². The molecule has 1 aliphatic heterocycles. The Bertz CT molecular complexity index is 447. The summed E-state index contributed by atoms with van der Waals surface area (Å²) < 4.78 is 0.660. The number of nitrogens with zero attached hydrogens (tertiary/aromatic N) is 1. The molecule has 1 heterocycles. The molecule has 2 rings (SSSR count). The molecule has 0 aromatic heterocycles. The topological polar surface area (TPSA) is 40.5 Å². The number of benzene rings is 1. The monoisotopic (exact) mass is 311 g/mol. The Balaban J connectivity index is 2.27. The molecule has 0 spiro atoms. The summed E-state index contributed by atoms with van der Waals surface area (Å²) in [5.41, 5.74) is 1.45. The molecule has 0 amide bonds. The summed E-state index contributed by atoms with van der Waals surface area (Å²) in [6.45, 7) is 3.28. The Morgan fingerprint density at radius 3 is 2.89 bits per heavy atom. The Hall–Kier alpha value is -1.03. The van der Waals surface area contributed by atoms with Gasteiger partial charge in [0, 0.05) is 22.7 Å². The van der Waals surface area contributed by atoms with Gasteiger partial charge in [0.2, 0.25) is 0 Å². The van der Waals surface area contributed by atoms with Gasteiger partial charge in [-0.1, -0.05) is 6.92 Å². The second kappa shape index (κ2) is 5.74. The smallest absolute Gasteiger partial charge is 0.336 e. The van der Waals surface area contributed by atoms with Crippen molar-refractivity contribution >= 4 is 27.6 Å². The van der Waals surface area contributed by atoms with Gasteiger partial charge in [0.05, 0.1) is 5.56 Å². The zero-order valence-corrected chi connectivity index (χ0v) is 12.1. The van der Waals surface area contributed by atoms with Crippen LogP contribution in [-0.4, -0.2) is 23.7 Å². The summed E-state index contributed by atoms with van der Waals surface area (Å²) in [6.07, 6.45) is 4.88. The number of carbonyl (C=O) groups is 1. The largest absolute Gasteiger partial charge is 0.478 e. The van der Waals surface area contributed by atoms with Crippen LogP contribution in [0.5, 0.6) is 0 Å². The van der Waals surface area contributed by atoms with Crippen molar-refractivity contribution in [1.29, 1.82) is 0 Å². The molecule has 1 N–H and O–H groups in total. The van der Waals surface area contributed by atoms with Gasteiger partial charge in [-0.15, -0.1) is 0 Å². The van der Waals surface area contributed by atoms with Gasteiger partial charge < -0.3 is 10.0 Å². The van der Waals surface area contributed by atoms with Crippen LogP contribution in [0.4, 0.5) is 5.69 Å². The Labute approximate surface area is 116 Å². The molecule has 18 heavy (non-hydrogen) atoms. The summed E-state index contributed by atoms with van der Waals surface area (Å²) in [5, 5.41) is 9.02. The van der Waals surface area contributed by atoms with Crippen LogP contribution in [0.2, 0.25) is 0 Å². The predicted molar refractivity (Wildman–Crippen MR) is 76.4 cm³/mol. The van der Waals surface area contributed by atoms with Crippen molar-refractivity contribution in [2.45, 2.75) is 38.6 Å². The highest BCUT2D eigenvalue weighted by Gasteiger charge is 2.22. The first-order valence-corrected chi connectivity index (χ1v) is 7.22. The van der Waals surface area contributed by atoms with Crippen molar-refractivity contribution < 1.29 is 9.90 Å². The quantitative estimate of drug-likeness (QED) is 0.920. The van der Waals surface area contributed by atoms with Gasteiger partial charge in [-0.05, 0) is 59.8 Å². The van der Waals surface area contributed by atoms with E-state index < -0.39 is 5.97 Å². The molecule has 0 saturated carbocycles. The Morgan fingerprint density at radius 2 is 2.28 bits per heavy atom. The van der Waals surface area contributed by atoms with E-state index in [0.717, 1.165) is 18.7 Å². The maximum atomic E-state index is 11.0. The number of anilines is 1. The SMILES string of the molecule is CCC1CCCCN1c1ccc(C(=O)O)c(Br)c1. The van der Waals surface area contributed by atoms with Crippen molar-refractivity contribution in [2.75, 3.05) is 11.4 Å². The molecule has 4 heteroatoms. The third kappa shape index (κ3) is 2.69. The fraction of sp³-hybridized carbons (Fsp3) is 0.500. The van der Waals surface area contributed by atoms with Crippen molar-refractivity contribution in [3.05, 3.63) is 28.2 Å². The second-order valence-electron chi connectivity index (χ2n) is 4.72. The van der Waals surface area contributed by atoms with E-state index >= 15 is 0 Å². The summed E-state index contributed by atoms with van der Waals surface area (Å²) in [7, 11) is 0. The molecule has 1 aromatic carbocycles. The maximum Gasteiger partial charge on any atom is 0.336 e. The molecule has 1 aliphatic rings. The lowest BCUT2D eigenvalue weighted by atomic mass is 9.99. The van der Waals surface area contributed by atoms with Crippen LogP contribution in [0.25, 0.3) is 0 Å². The summed E-state index contributed by atoms with van der Waals surface area (Å²) >= 11 is 3.35. The average Bonchev–Trinajstić information content (AvgIpc) is 2.38. The maximum absolute atomic E-state index is 11.0. The minimum absolute atomic E-state index is 0.323. The van der Waals surface area contributed by atoms with Crippen LogP contribution in [0, 0.1) is 0 Å². The molecule has 3 nitrogen and oxygen atoms in total. The highest BCUT2D eigenvalue weighted by Crippen LogP contribution is 2.30. The van der Waals surface area contributed by atoms with Crippen molar-refractivity contribution in [3.8, 4) is 0 Å². The van der Waals surface area contributed by atoms with Crippen LogP contribution < -0.4 is 4.90 Å². The molecule has 0 aliphatic carbocycles. The fourth-order valence-electron chi connectivity index (χ4n) is 2.62. The molecule has 98 valence electrons. The van der Waals surface area contributed by atoms with Gasteiger partial charge >= 0.3 is 5.97 Å². The number of rotatable bonds is 3. The van der Waals surface area contributed by atoms with Crippen LogP contribution in [-0.2, 0) is 0 Å². The third-order valence-corrected chi connectivity index (χ3v) is 4.27. The molecule has 1 unspecified atom stereocenters. The number of carboxylic acids is 1. The molecule has 1 aromatic rings. The normalized spacial score (nSPS) is 19.9. The van der Waals surface area contributed by atoms with Crippen LogP contribution >= 0.6 is 15.9 Å². The molecule has 0 bridgehead atoms. The van der Waals surface area contributed by atoms with Gasteiger partial charge in [-0.3, -0.25) is 0 Å². The van der Waals surface area contributed by atoms with E-state index in [-0.39, 0.29) is 0 Å². The summed E-state index contributed by atoms with van der Waals surface area (Å²) in [5.74, 6) is -0.890. The van der Waals surface area contributed by atoms with Gasteiger partial charge in [0.15, 0.2) is 0 Å². The Morgan fingerprint density at radius 1 is 1.50 bits per heavy atom.